The fourth-order valence-electron chi connectivity index (χ4n) is 2.07. The molecule has 2 amide bonds. The number of amides is 2. The third-order valence-corrected chi connectivity index (χ3v) is 3.43. The first-order chi connectivity index (χ1) is 12.5. The molecule has 0 fully saturated rings. The van der Waals surface area contributed by atoms with Gasteiger partial charge >= 0.3 is 0 Å². The van der Waals surface area contributed by atoms with E-state index in [4.69, 9.17) is 31.5 Å². The SMILES string of the molecule is CCOc1ncccc1NC(=O)c1cc(Cl)c(OCC(N)=O)c(OC)c1. The molecule has 9 heteroatoms. The van der Waals surface area contributed by atoms with Crippen molar-refractivity contribution in [3.8, 4) is 17.4 Å². The molecule has 0 aliphatic rings. The molecule has 0 spiro atoms. The third kappa shape index (κ3) is 4.76. The van der Waals surface area contributed by atoms with Gasteiger partial charge in [0.25, 0.3) is 11.8 Å². The van der Waals surface area contributed by atoms with Crippen LogP contribution in [-0.4, -0.2) is 37.1 Å². The molecule has 138 valence electrons. The van der Waals surface area contributed by atoms with Crippen LogP contribution in [0.3, 0.4) is 0 Å². The zero-order chi connectivity index (χ0) is 19.1. The summed E-state index contributed by atoms with van der Waals surface area (Å²) in [5.74, 6) is -0.477. The minimum Gasteiger partial charge on any atom is -0.493 e. The number of ether oxygens (including phenoxy) is 3. The predicted octanol–water partition coefficient (Wildman–Crippen LogP) is 2.26. The van der Waals surface area contributed by atoms with Crippen LogP contribution in [0.2, 0.25) is 5.02 Å². The highest BCUT2D eigenvalue weighted by Crippen LogP contribution is 2.36. The number of hydrogen-bond acceptors (Lipinski definition) is 6. The average molecular weight is 380 g/mol. The van der Waals surface area contributed by atoms with Crippen molar-refractivity contribution in [1.82, 2.24) is 4.98 Å². The summed E-state index contributed by atoms with van der Waals surface area (Å²) in [6.45, 7) is 1.86. The molecule has 0 unspecified atom stereocenters. The summed E-state index contributed by atoms with van der Waals surface area (Å²) in [6.07, 6.45) is 1.56. The Balaban J connectivity index is 2.27. The quantitative estimate of drug-likeness (QED) is 0.727. The molecule has 1 aromatic carbocycles. The topological polar surface area (TPSA) is 113 Å². The second kappa shape index (κ2) is 8.91. The molecule has 2 aromatic rings. The van der Waals surface area contributed by atoms with Crippen LogP contribution >= 0.6 is 11.6 Å². The lowest BCUT2D eigenvalue weighted by Crippen LogP contribution is -2.20. The second-order valence-electron chi connectivity index (χ2n) is 4.99. The molecular formula is C17H18ClN3O5. The van der Waals surface area contributed by atoms with Gasteiger partial charge < -0.3 is 25.3 Å². The van der Waals surface area contributed by atoms with Gasteiger partial charge in [-0.3, -0.25) is 9.59 Å². The molecule has 0 bridgehead atoms. The van der Waals surface area contributed by atoms with Crippen molar-refractivity contribution in [2.75, 3.05) is 25.6 Å². The molecule has 0 saturated heterocycles. The minimum atomic E-state index is -0.662. The van der Waals surface area contributed by atoms with Gasteiger partial charge in [0.2, 0.25) is 5.88 Å². The first kappa shape index (κ1) is 19.3. The maximum atomic E-state index is 12.5. The fraction of sp³-hybridized carbons (Fsp3) is 0.235. The standard InChI is InChI=1S/C17H18ClN3O5/c1-3-25-17-12(5-4-6-20-17)21-16(23)10-7-11(18)15(13(8-10)24-2)26-9-14(19)22/h4-8H,3,9H2,1-2H3,(H2,19,22)(H,21,23). The maximum absolute atomic E-state index is 12.5. The summed E-state index contributed by atoms with van der Waals surface area (Å²) < 4.78 is 15.8. The summed E-state index contributed by atoms with van der Waals surface area (Å²) in [5.41, 5.74) is 5.70. The van der Waals surface area contributed by atoms with E-state index in [9.17, 15) is 9.59 Å². The summed E-state index contributed by atoms with van der Waals surface area (Å²) in [5, 5.41) is 2.81. The van der Waals surface area contributed by atoms with Crippen molar-refractivity contribution in [3.05, 3.63) is 41.0 Å². The molecule has 0 atom stereocenters. The number of halogens is 1. The molecular weight excluding hydrogens is 362 g/mol. The number of nitrogens with one attached hydrogen (secondary N) is 1. The number of aromatic nitrogens is 1. The Labute approximate surface area is 155 Å². The highest BCUT2D eigenvalue weighted by Gasteiger charge is 2.18. The normalized spacial score (nSPS) is 10.1. The van der Waals surface area contributed by atoms with Gasteiger partial charge in [0.05, 0.1) is 18.7 Å². The smallest absolute Gasteiger partial charge is 0.256 e. The molecule has 0 radical (unpaired) electrons. The van der Waals surface area contributed by atoms with Crippen LogP contribution in [0, 0.1) is 0 Å². The highest BCUT2D eigenvalue weighted by atomic mass is 35.5. The van der Waals surface area contributed by atoms with Gasteiger partial charge in [0, 0.05) is 11.8 Å². The summed E-state index contributed by atoms with van der Waals surface area (Å²) >= 11 is 6.15. The van der Waals surface area contributed by atoms with E-state index in [0.717, 1.165) is 0 Å². The number of rotatable bonds is 8. The van der Waals surface area contributed by atoms with Crippen molar-refractivity contribution >= 4 is 29.1 Å². The first-order valence-electron chi connectivity index (χ1n) is 7.64. The Hall–Kier alpha value is -3.00. The van der Waals surface area contributed by atoms with E-state index in [0.29, 0.717) is 18.2 Å². The van der Waals surface area contributed by atoms with Gasteiger partial charge in [-0.2, -0.15) is 0 Å². The van der Waals surface area contributed by atoms with Crippen LogP contribution in [0.4, 0.5) is 5.69 Å². The lowest BCUT2D eigenvalue weighted by molar-refractivity contribution is -0.119. The highest BCUT2D eigenvalue weighted by molar-refractivity contribution is 6.32. The van der Waals surface area contributed by atoms with E-state index < -0.39 is 11.8 Å². The molecule has 8 nitrogen and oxygen atoms in total. The third-order valence-electron chi connectivity index (χ3n) is 3.15. The fourth-order valence-corrected chi connectivity index (χ4v) is 2.33. The Morgan fingerprint density at radius 2 is 2.08 bits per heavy atom. The lowest BCUT2D eigenvalue weighted by atomic mass is 10.2. The second-order valence-corrected chi connectivity index (χ2v) is 5.39. The number of carbonyl (C=O) groups excluding carboxylic acids is 2. The molecule has 0 aliphatic heterocycles. The maximum Gasteiger partial charge on any atom is 0.256 e. The largest absolute Gasteiger partial charge is 0.493 e. The molecule has 1 heterocycles. The zero-order valence-corrected chi connectivity index (χ0v) is 15.0. The molecule has 0 saturated carbocycles. The summed E-state index contributed by atoms with van der Waals surface area (Å²) in [4.78, 5) is 27.5. The van der Waals surface area contributed by atoms with Crippen molar-refractivity contribution in [2.45, 2.75) is 6.92 Å². The van der Waals surface area contributed by atoms with E-state index in [1.807, 2.05) is 6.92 Å². The molecule has 2 rings (SSSR count). The van der Waals surface area contributed by atoms with E-state index in [1.165, 1.54) is 19.2 Å². The van der Waals surface area contributed by atoms with Gasteiger partial charge in [-0.15, -0.1) is 0 Å². The number of carbonyl (C=O) groups is 2. The molecule has 26 heavy (non-hydrogen) atoms. The number of nitrogens with two attached hydrogens (primary N) is 1. The number of anilines is 1. The Kier molecular flexibility index (Phi) is 6.62. The van der Waals surface area contributed by atoms with Crippen LogP contribution in [0.5, 0.6) is 17.4 Å². The van der Waals surface area contributed by atoms with Gasteiger partial charge in [0.15, 0.2) is 18.1 Å². The number of benzene rings is 1. The van der Waals surface area contributed by atoms with E-state index in [-0.39, 0.29) is 28.7 Å². The lowest BCUT2D eigenvalue weighted by Gasteiger charge is -2.14. The van der Waals surface area contributed by atoms with Crippen LogP contribution < -0.4 is 25.3 Å². The molecule has 3 N–H and O–H groups in total. The van der Waals surface area contributed by atoms with E-state index in [2.05, 4.69) is 10.3 Å². The van der Waals surface area contributed by atoms with E-state index >= 15 is 0 Å². The van der Waals surface area contributed by atoms with Gasteiger partial charge in [-0.05, 0) is 31.2 Å². The van der Waals surface area contributed by atoms with Gasteiger partial charge in [-0.1, -0.05) is 11.6 Å². The minimum absolute atomic E-state index is 0.104. The number of primary amides is 1. The average Bonchev–Trinajstić information content (AvgIpc) is 2.61. The molecule has 1 aromatic heterocycles. The predicted molar refractivity (Wildman–Crippen MR) is 96.1 cm³/mol. The zero-order valence-electron chi connectivity index (χ0n) is 14.2. The van der Waals surface area contributed by atoms with Crippen molar-refractivity contribution in [1.29, 1.82) is 0 Å². The summed E-state index contributed by atoms with van der Waals surface area (Å²) in [7, 11) is 1.39. The van der Waals surface area contributed by atoms with E-state index in [1.54, 1.807) is 18.3 Å². The van der Waals surface area contributed by atoms with Crippen molar-refractivity contribution in [2.24, 2.45) is 5.73 Å². The van der Waals surface area contributed by atoms with Gasteiger partial charge in [-0.25, -0.2) is 4.98 Å². The molecule has 0 aliphatic carbocycles. The first-order valence-corrected chi connectivity index (χ1v) is 8.01. The Morgan fingerprint density at radius 1 is 1.31 bits per heavy atom. The monoisotopic (exact) mass is 379 g/mol. The van der Waals surface area contributed by atoms with Gasteiger partial charge in [0.1, 0.15) is 5.69 Å². The van der Waals surface area contributed by atoms with Crippen LogP contribution in [0.1, 0.15) is 17.3 Å². The Bertz CT molecular complexity index is 813. The number of nitrogens with zero attached hydrogens (tertiary/aromatic N) is 1. The van der Waals surface area contributed by atoms with Crippen LogP contribution in [0.25, 0.3) is 0 Å². The van der Waals surface area contributed by atoms with Crippen LogP contribution in [-0.2, 0) is 4.79 Å². The Morgan fingerprint density at radius 3 is 2.73 bits per heavy atom. The van der Waals surface area contributed by atoms with Crippen molar-refractivity contribution in [3.63, 3.8) is 0 Å². The number of hydrogen-bond donors (Lipinski definition) is 2. The summed E-state index contributed by atoms with van der Waals surface area (Å²) in [6, 6.07) is 6.17. The number of methoxy groups -OCH3 is 1. The number of pyridine rings is 1. The van der Waals surface area contributed by atoms with Crippen molar-refractivity contribution < 1.29 is 23.8 Å². The van der Waals surface area contributed by atoms with Crippen LogP contribution in [0.15, 0.2) is 30.5 Å².